The molecule has 0 spiro atoms. The molecule has 0 aliphatic carbocycles. The largest absolute Gasteiger partial charge is 0.497 e. The highest BCUT2D eigenvalue weighted by atomic mass is 79.9. The fourth-order valence-corrected chi connectivity index (χ4v) is 2.71. The third-order valence-corrected chi connectivity index (χ3v) is 4.06. The van der Waals surface area contributed by atoms with E-state index in [0.717, 1.165) is 3.79 Å². The van der Waals surface area contributed by atoms with Crippen LogP contribution in [-0.2, 0) is 0 Å². The lowest BCUT2D eigenvalue weighted by Gasteiger charge is -2.06. The van der Waals surface area contributed by atoms with Gasteiger partial charge in [-0.15, -0.1) is 11.3 Å². The zero-order valence-electron chi connectivity index (χ0n) is 10.5. The van der Waals surface area contributed by atoms with Crippen molar-refractivity contribution < 1.29 is 14.3 Å². The molecule has 0 aliphatic rings. The number of carbonyl (C=O) groups is 2. The zero-order valence-corrected chi connectivity index (χ0v) is 12.9. The second-order valence-electron chi connectivity index (χ2n) is 3.74. The molecule has 20 heavy (non-hydrogen) atoms. The molecule has 7 heteroatoms. The number of rotatable bonds is 3. The van der Waals surface area contributed by atoms with Gasteiger partial charge in [-0.2, -0.15) is 0 Å². The van der Waals surface area contributed by atoms with E-state index in [4.69, 9.17) is 4.74 Å². The Morgan fingerprint density at radius 3 is 2.25 bits per heavy atom. The maximum atomic E-state index is 11.8. The Balaban J connectivity index is 1.92. The number of thiophene rings is 1. The van der Waals surface area contributed by atoms with Gasteiger partial charge in [-0.1, -0.05) is 0 Å². The van der Waals surface area contributed by atoms with Crippen LogP contribution in [0, 0.1) is 0 Å². The number of carbonyl (C=O) groups excluding carboxylic acids is 2. The van der Waals surface area contributed by atoms with Gasteiger partial charge in [0.2, 0.25) is 0 Å². The number of benzene rings is 1. The van der Waals surface area contributed by atoms with Gasteiger partial charge in [0.1, 0.15) is 5.75 Å². The van der Waals surface area contributed by atoms with Gasteiger partial charge in [-0.3, -0.25) is 20.4 Å². The number of amides is 2. The summed E-state index contributed by atoms with van der Waals surface area (Å²) in [6.45, 7) is 0. The van der Waals surface area contributed by atoms with E-state index in [1.807, 2.05) is 0 Å². The standard InChI is InChI=1S/C13H11BrN2O3S/c1-19-9-4-2-8(3-5-9)12(17)15-16-13(18)10-6-7-11(14)20-10/h2-7H,1H3,(H,15,17)(H,16,18). The van der Waals surface area contributed by atoms with Gasteiger partial charge < -0.3 is 4.74 Å². The van der Waals surface area contributed by atoms with Crippen molar-refractivity contribution >= 4 is 39.1 Å². The molecule has 0 saturated heterocycles. The van der Waals surface area contributed by atoms with Crippen LogP contribution in [0.1, 0.15) is 20.0 Å². The molecule has 0 atom stereocenters. The average Bonchev–Trinajstić information content (AvgIpc) is 2.91. The first-order chi connectivity index (χ1) is 9.60. The molecular formula is C13H11BrN2O3S. The summed E-state index contributed by atoms with van der Waals surface area (Å²) >= 11 is 4.56. The van der Waals surface area contributed by atoms with Crippen molar-refractivity contribution in [1.29, 1.82) is 0 Å². The topological polar surface area (TPSA) is 67.4 Å². The minimum atomic E-state index is -0.392. The SMILES string of the molecule is COc1ccc(C(=O)NNC(=O)c2ccc(Br)s2)cc1. The first-order valence-corrected chi connectivity index (χ1v) is 7.21. The van der Waals surface area contributed by atoms with Gasteiger partial charge in [0.15, 0.2) is 0 Å². The molecule has 1 aromatic heterocycles. The summed E-state index contributed by atoms with van der Waals surface area (Å²) < 4.78 is 5.85. The van der Waals surface area contributed by atoms with Crippen molar-refractivity contribution in [1.82, 2.24) is 10.9 Å². The molecule has 0 unspecified atom stereocenters. The zero-order chi connectivity index (χ0) is 14.5. The average molecular weight is 355 g/mol. The van der Waals surface area contributed by atoms with Gasteiger partial charge in [-0.25, -0.2) is 0 Å². The summed E-state index contributed by atoms with van der Waals surface area (Å²) in [7, 11) is 1.55. The second kappa shape index (κ2) is 6.53. The Labute approximate surface area is 128 Å². The molecule has 0 radical (unpaired) electrons. The summed E-state index contributed by atoms with van der Waals surface area (Å²) in [6, 6.07) is 10.0. The number of nitrogens with one attached hydrogen (secondary N) is 2. The fourth-order valence-electron chi connectivity index (χ4n) is 1.43. The van der Waals surface area contributed by atoms with E-state index in [-0.39, 0.29) is 5.91 Å². The van der Waals surface area contributed by atoms with E-state index < -0.39 is 5.91 Å². The molecule has 2 aromatic rings. The van der Waals surface area contributed by atoms with Crippen LogP contribution in [-0.4, -0.2) is 18.9 Å². The summed E-state index contributed by atoms with van der Waals surface area (Å²) in [5, 5.41) is 0. The highest BCUT2D eigenvalue weighted by molar-refractivity contribution is 9.11. The van der Waals surface area contributed by atoms with Gasteiger partial charge in [-0.05, 0) is 52.3 Å². The first kappa shape index (κ1) is 14.5. The van der Waals surface area contributed by atoms with Crippen LogP contribution >= 0.6 is 27.3 Å². The third kappa shape index (κ3) is 3.58. The highest BCUT2D eigenvalue weighted by Gasteiger charge is 2.10. The molecule has 0 fully saturated rings. The van der Waals surface area contributed by atoms with Crippen LogP contribution in [0.3, 0.4) is 0 Å². The summed E-state index contributed by atoms with van der Waals surface area (Å²) in [5.41, 5.74) is 5.14. The van der Waals surface area contributed by atoms with Crippen LogP contribution < -0.4 is 15.6 Å². The van der Waals surface area contributed by atoms with Crippen molar-refractivity contribution in [2.45, 2.75) is 0 Å². The van der Waals surface area contributed by atoms with E-state index in [1.165, 1.54) is 11.3 Å². The minimum absolute atomic E-state index is 0.359. The Morgan fingerprint density at radius 1 is 1.05 bits per heavy atom. The first-order valence-electron chi connectivity index (χ1n) is 5.60. The summed E-state index contributed by atoms with van der Waals surface area (Å²) in [6.07, 6.45) is 0. The van der Waals surface area contributed by atoms with Crippen LogP contribution in [0.25, 0.3) is 0 Å². The summed E-state index contributed by atoms with van der Waals surface area (Å²) in [5.74, 6) is -0.0896. The van der Waals surface area contributed by atoms with E-state index in [2.05, 4.69) is 26.8 Å². The molecule has 5 nitrogen and oxygen atoms in total. The quantitative estimate of drug-likeness (QED) is 0.832. The molecule has 104 valence electrons. The molecule has 1 heterocycles. The third-order valence-electron chi connectivity index (χ3n) is 2.44. The Morgan fingerprint density at radius 2 is 1.70 bits per heavy atom. The molecule has 2 rings (SSSR count). The molecule has 2 amide bonds. The number of methoxy groups -OCH3 is 1. The Bertz CT molecular complexity index is 625. The van der Waals surface area contributed by atoms with Crippen molar-refractivity contribution in [3.8, 4) is 5.75 Å². The predicted molar refractivity (Wildman–Crippen MR) is 79.9 cm³/mol. The normalized spacial score (nSPS) is 9.90. The van der Waals surface area contributed by atoms with Crippen LogP contribution in [0.5, 0.6) is 5.75 Å². The maximum absolute atomic E-state index is 11.8. The predicted octanol–water partition coefficient (Wildman–Crippen LogP) is 2.59. The number of hydrazine groups is 1. The van der Waals surface area contributed by atoms with Crippen LogP contribution in [0.15, 0.2) is 40.2 Å². The van der Waals surface area contributed by atoms with E-state index >= 15 is 0 Å². The number of hydrogen-bond acceptors (Lipinski definition) is 4. The van der Waals surface area contributed by atoms with E-state index in [1.54, 1.807) is 43.5 Å². The lowest BCUT2D eigenvalue weighted by Crippen LogP contribution is -2.41. The maximum Gasteiger partial charge on any atom is 0.279 e. The molecule has 2 N–H and O–H groups in total. The Hall–Kier alpha value is -1.86. The smallest absolute Gasteiger partial charge is 0.279 e. The second-order valence-corrected chi connectivity index (χ2v) is 6.20. The van der Waals surface area contributed by atoms with Gasteiger partial charge >= 0.3 is 0 Å². The van der Waals surface area contributed by atoms with Gasteiger partial charge in [0.05, 0.1) is 15.8 Å². The van der Waals surface area contributed by atoms with Crippen molar-refractivity contribution in [3.63, 3.8) is 0 Å². The minimum Gasteiger partial charge on any atom is -0.497 e. The lowest BCUT2D eigenvalue weighted by atomic mass is 10.2. The number of halogens is 1. The molecule has 1 aromatic carbocycles. The fraction of sp³-hybridized carbons (Fsp3) is 0.0769. The monoisotopic (exact) mass is 354 g/mol. The van der Waals surface area contributed by atoms with Gasteiger partial charge in [0.25, 0.3) is 11.8 Å². The van der Waals surface area contributed by atoms with E-state index in [9.17, 15) is 9.59 Å². The lowest BCUT2D eigenvalue weighted by molar-refractivity contribution is 0.0849. The highest BCUT2D eigenvalue weighted by Crippen LogP contribution is 2.21. The van der Waals surface area contributed by atoms with Crippen molar-refractivity contribution in [2.75, 3.05) is 7.11 Å². The molecule has 0 bridgehead atoms. The van der Waals surface area contributed by atoms with E-state index in [0.29, 0.717) is 16.2 Å². The molecule has 0 aliphatic heterocycles. The van der Waals surface area contributed by atoms with Crippen LogP contribution in [0.2, 0.25) is 0 Å². The number of ether oxygens (including phenoxy) is 1. The summed E-state index contributed by atoms with van der Waals surface area (Å²) in [4.78, 5) is 24.1. The van der Waals surface area contributed by atoms with Crippen molar-refractivity contribution in [2.24, 2.45) is 0 Å². The van der Waals surface area contributed by atoms with Gasteiger partial charge in [0, 0.05) is 5.56 Å². The van der Waals surface area contributed by atoms with Crippen LogP contribution in [0.4, 0.5) is 0 Å². The molecular weight excluding hydrogens is 344 g/mol. The number of hydrogen-bond donors (Lipinski definition) is 2. The molecule has 0 saturated carbocycles. The van der Waals surface area contributed by atoms with Crippen molar-refractivity contribution in [3.05, 3.63) is 50.6 Å². The Kier molecular flexibility index (Phi) is 4.75.